The minimum atomic E-state index is -0.499. The lowest BCUT2D eigenvalue weighted by molar-refractivity contribution is -0.148. The topological polar surface area (TPSA) is 59.1 Å². The molecule has 25 heavy (non-hydrogen) atoms. The van der Waals surface area contributed by atoms with Gasteiger partial charge in [-0.15, -0.1) is 0 Å². The number of hydrogen-bond donors (Lipinski definition) is 1. The molecule has 0 aromatic rings. The van der Waals surface area contributed by atoms with E-state index in [-0.39, 0.29) is 18.7 Å². The van der Waals surface area contributed by atoms with Crippen LogP contribution in [0.5, 0.6) is 0 Å². The lowest BCUT2D eigenvalue weighted by Crippen LogP contribution is -2.10. The lowest BCUT2D eigenvalue weighted by Gasteiger charge is -2.02. The van der Waals surface area contributed by atoms with Gasteiger partial charge in [0.15, 0.2) is 0 Å². The number of allylic oxidation sites excluding steroid dienone is 2. The van der Waals surface area contributed by atoms with E-state index in [1.165, 1.54) is 70.6 Å². The maximum absolute atomic E-state index is 11.5. The fraction of sp³-hybridized carbons (Fsp3) is 0.857. The SMILES string of the molecule is CCCCCCCC/C=C\CCCCCCCC(=O)OC1OC1CO. The first kappa shape index (κ1) is 22.2. The highest BCUT2D eigenvalue weighted by Crippen LogP contribution is 2.23. The van der Waals surface area contributed by atoms with E-state index in [1.807, 2.05) is 0 Å². The van der Waals surface area contributed by atoms with Crippen LogP contribution in [0.25, 0.3) is 0 Å². The molecule has 0 bridgehead atoms. The molecular formula is C21H38O4. The van der Waals surface area contributed by atoms with E-state index < -0.39 is 6.29 Å². The van der Waals surface area contributed by atoms with Crippen molar-refractivity contribution in [3.8, 4) is 0 Å². The number of esters is 1. The van der Waals surface area contributed by atoms with Crippen LogP contribution in [0.1, 0.15) is 96.8 Å². The van der Waals surface area contributed by atoms with Crippen LogP contribution in [0.2, 0.25) is 0 Å². The molecule has 0 aromatic heterocycles. The van der Waals surface area contributed by atoms with E-state index in [9.17, 15) is 4.79 Å². The maximum Gasteiger partial charge on any atom is 0.308 e. The number of aliphatic hydroxyl groups is 1. The van der Waals surface area contributed by atoms with E-state index in [2.05, 4.69) is 19.1 Å². The van der Waals surface area contributed by atoms with Crippen molar-refractivity contribution in [2.75, 3.05) is 6.61 Å². The fourth-order valence-corrected chi connectivity index (χ4v) is 2.89. The second-order valence-corrected chi connectivity index (χ2v) is 7.05. The van der Waals surface area contributed by atoms with Crippen LogP contribution in [0, 0.1) is 0 Å². The third-order valence-electron chi connectivity index (χ3n) is 4.61. The van der Waals surface area contributed by atoms with Gasteiger partial charge in [-0.2, -0.15) is 0 Å². The van der Waals surface area contributed by atoms with Gasteiger partial charge in [-0.1, -0.05) is 70.4 Å². The summed E-state index contributed by atoms with van der Waals surface area (Å²) in [6.45, 7) is 2.18. The zero-order chi connectivity index (χ0) is 18.2. The molecule has 2 unspecified atom stereocenters. The van der Waals surface area contributed by atoms with Gasteiger partial charge in [0.1, 0.15) is 6.10 Å². The van der Waals surface area contributed by atoms with Crippen molar-refractivity contribution >= 4 is 5.97 Å². The van der Waals surface area contributed by atoms with Crippen LogP contribution in [0.15, 0.2) is 12.2 Å². The molecule has 1 fully saturated rings. The molecule has 1 aliphatic rings. The summed E-state index contributed by atoms with van der Waals surface area (Å²) in [5.41, 5.74) is 0. The minimum absolute atomic E-state index is 0.0780. The average Bonchev–Trinajstić information content (AvgIpc) is 3.36. The quantitative estimate of drug-likeness (QED) is 0.167. The van der Waals surface area contributed by atoms with Gasteiger partial charge in [-0.05, 0) is 32.1 Å². The molecule has 0 radical (unpaired) electrons. The van der Waals surface area contributed by atoms with Gasteiger partial charge in [0.25, 0.3) is 0 Å². The third kappa shape index (κ3) is 13.1. The highest BCUT2D eigenvalue weighted by molar-refractivity contribution is 5.69. The smallest absolute Gasteiger partial charge is 0.308 e. The summed E-state index contributed by atoms with van der Waals surface area (Å²) >= 11 is 0. The number of aliphatic hydroxyl groups excluding tert-OH is 1. The zero-order valence-electron chi connectivity index (χ0n) is 16.1. The molecule has 2 atom stereocenters. The Bertz CT molecular complexity index is 354. The minimum Gasteiger partial charge on any atom is -0.433 e. The second kappa shape index (κ2) is 15.4. The zero-order valence-corrected chi connectivity index (χ0v) is 16.1. The van der Waals surface area contributed by atoms with Gasteiger partial charge >= 0.3 is 5.97 Å². The number of carbonyl (C=O) groups is 1. The summed E-state index contributed by atoms with van der Waals surface area (Å²) < 4.78 is 10.0. The Hall–Kier alpha value is -0.870. The number of hydrogen-bond acceptors (Lipinski definition) is 4. The first-order valence-electron chi connectivity index (χ1n) is 10.4. The Kier molecular flexibility index (Phi) is 13.6. The molecular weight excluding hydrogens is 316 g/mol. The van der Waals surface area contributed by atoms with E-state index in [4.69, 9.17) is 14.6 Å². The van der Waals surface area contributed by atoms with Crippen molar-refractivity contribution in [1.82, 2.24) is 0 Å². The van der Waals surface area contributed by atoms with Crippen molar-refractivity contribution in [2.24, 2.45) is 0 Å². The Labute approximate surface area is 154 Å². The molecule has 0 aliphatic carbocycles. The summed E-state index contributed by atoms with van der Waals surface area (Å²) in [6.07, 6.45) is 20.6. The molecule has 0 saturated carbocycles. The van der Waals surface area contributed by atoms with E-state index in [0.29, 0.717) is 6.42 Å². The van der Waals surface area contributed by atoms with Crippen molar-refractivity contribution < 1.29 is 19.4 Å². The first-order chi connectivity index (χ1) is 12.3. The van der Waals surface area contributed by atoms with Crippen LogP contribution in [0.4, 0.5) is 0 Å². The Morgan fingerprint density at radius 1 is 0.920 bits per heavy atom. The largest absolute Gasteiger partial charge is 0.433 e. The summed E-state index contributed by atoms with van der Waals surface area (Å²) in [6, 6.07) is 0. The van der Waals surface area contributed by atoms with Crippen LogP contribution >= 0.6 is 0 Å². The molecule has 0 spiro atoms. The highest BCUT2D eigenvalue weighted by Gasteiger charge is 2.41. The molecule has 0 aromatic carbocycles. The first-order valence-corrected chi connectivity index (χ1v) is 10.4. The van der Waals surface area contributed by atoms with Crippen molar-refractivity contribution in [2.45, 2.75) is 109 Å². The van der Waals surface area contributed by atoms with Crippen molar-refractivity contribution in [3.63, 3.8) is 0 Å². The van der Waals surface area contributed by atoms with Crippen molar-refractivity contribution in [1.29, 1.82) is 0 Å². The summed E-state index contributed by atoms with van der Waals surface area (Å²) in [5, 5.41) is 8.79. The van der Waals surface area contributed by atoms with Gasteiger partial charge in [0.05, 0.1) is 6.61 Å². The second-order valence-electron chi connectivity index (χ2n) is 7.05. The van der Waals surface area contributed by atoms with Crippen LogP contribution in [0.3, 0.4) is 0 Å². The molecule has 4 nitrogen and oxygen atoms in total. The highest BCUT2D eigenvalue weighted by atomic mass is 16.8. The Morgan fingerprint density at radius 3 is 2.04 bits per heavy atom. The maximum atomic E-state index is 11.5. The van der Waals surface area contributed by atoms with Crippen molar-refractivity contribution in [3.05, 3.63) is 12.2 Å². The van der Waals surface area contributed by atoms with Gasteiger partial charge < -0.3 is 14.6 Å². The summed E-state index contributed by atoms with van der Waals surface area (Å²) in [5.74, 6) is -0.210. The lowest BCUT2D eigenvalue weighted by atomic mass is 10.1. The predicted octanol–water partition coefficient (Wildman–Crippen LogP) is 5.28. The number of ether oxygens (including phenoxy) is 2. The van der Waals surface area contributed by atoms with Gasteiger partial charge in [-0.25, -0.2) is 0 Å². The number of rotatable bonds is 17. The fourth-order valence-electron chi connectivity index (χ4n) is 2.89. The van der Waals surface area contributed by atoms with Crippen LogP contribution in [-0.2, 0) is 14.3 Å². The molecule has 1 rings (SSSR count). The molecule has 0 amide bonds. The molecule has 1 aliphatic heterocycles. The standard InChI is InChI=1S/C21H38O4/c1-2-3-4-5-6-7-8-9-10-11-12-13-14-15-16-17-20(23)25-21-19(18-22)24-21/h9-10,19,21-22H,2-8,11-18H2,1H3/b10-9-. The normalized spacial score (nSPS) is 19.4. The average molecular weight is 355 g/mol. The Morgan fingerprint density at radius 2 is 1.48 bits per heavy atom. The monoisotopic (exact) mass is 354 g/mol. The summed E-state index contributed by atoms with van der Waals surface area (Å²) in [4.78, 5) is 11.5. The summed E-state index contributed by atoms with van der Waals surface area (Å²) in [7, 11) is 0. The number of unbranched alkanes of at least 4 members (excludes halogenated alkanes) is 11. The molecule has 1 heterocycles. The molecule has 4 heteroatoms. The van der Waals surface area contributed by atoms with Crippen LogP contribution in [-0.4, -0.2) is 30.1 Å². The van der Waals surface area contributed by atoms with E-state index >= 15 is 0 Å². The van der Waals surface area contributed by atoms with Gasteiger partial charge in [0.2, 0.25) is 6.29 Å². The van der Waals surface area contributed by atoms with E-state index in [0.717, 1.165) is 12.8 Å². The van der Waals surface area contributed by atoms with E-state index in [1.54, 1.807) is 0 Å². The van der Waals surface area contributed by atoms with Crippen LogP contribution < -0.4 is 0 Å². The number of carbonyl (C=O) groups excluding carboxylic acids is 1. The van der Waals surface area contributed by atoms with Gasteiger partial charge in [-0.3, -0.25) is 4.79 Å². The molecule has 146 valence electrons. The molecule has 1 saturated heterocycles. The third-order valence-corrected chi connectivity index (χ3v) is 4.61. The molecule has 1 N–H and O–H groups in total. The number of epoxide rings is 1. The predicted molar refractivity (Wildman–Crippen MR) is 101 cm³/mol. The Balaban J connectivity index is 1.75. The van der Waals surface area contributed by atoms with Gasteiger partial charge in [0, 0.05) is 6.42 Å².